The van der Waals surface area contributed by atoms with E-state index in [1.807, 2.05) is 0 Å². The van der Waals surface area contributed by atoms with Crippen LogP contribution in [-0.2, 0) is 28.2 Å². The molecule has 26 heavy (non-hydrogen) atoms. The van der Waals surface area contributed by atoms with Gasteiger partial charge in [-0.15, -0.1) is 0 Å². The summed E-state index contributed by atoms with van der Waals surface area (Å²) < 4.78 is 29.6. The Morgan fingerprint density at radius 2 is 2.08 bits per heavy atom. The number of imide groups is 1. The van der Waals surface area contributed by atoms with Gasteiger partial charge in [0.15, 0.2) is 0 Å². The number of aliphatic hydroxyl groups is 1. The largest absolute Gasteiger partial charge is 0.405 e. The standard InChI is InChI=1S/C15H23N2O8P/c1-9-6-10(15(20)16-14(9)19)12-7-11(18)13(25-12)8-24-26(21,22)17-2-4-23-5-3-17/h6,10-13,18H,2-5,7-8H2,1H3,(H,21,22)(H,16,19,20)/t10?,11?,12-,13-/m1/s1. The molecule has 0 saturated carbocycles. The van der Waals surface area contributed by atoms with Crippen LogP contribution in [0.5, 0.6) is 0 Å². The molecule has 0 spiro atoms. The quantitative estimate of drug-likeness (QED) is 0.406. The van der Waals surface area contributed by atoms with Crippen molar-refractivity contribution in [3.63, 3.8) is 0 Å². The van der Waals surface area contributed by atoms with Gasteiger partial charge in [-0.3, -0.25) is 19.4 Å². The van der Waals surface area contributed by atoms with E-state index in [4.69, 9.17) is 14.0 Å². The number of carbonyl (C=O) groups is 2. The molecule has 3 aliphatic heterocycles. The van der Waals surface area contributed by atoms with E-state index in [0.29, 0.717) is 18.8 Å². The molecule has 10 nitrogen and oxygen atoms in total. The number of morpholine rings is 1. The van der Waals surface area contributed by atoms with Gasteiger partial charge in [0.2, 0.25) is 5.91 Å². The first kappa shape index (κ1) is 19.6. The third-order valence-electron chi connectivity index (χ3n) is 4.73. The molecule has 2 saturated heterocycles. The maximum absolute atomic E-state index is 12.3. The molecule has 5 atom stereocenters. The summed E-state index contributed by atoms with van der Waals surface area (Å²) in [5.74, 6) is -1.63. The van der Waals surface area contributed by atoms with Crippen molar-refractivity contribution in [2.24, 2.45) is 5.92 Å². The minimum atomic E-state index is -4.00. The molecule has 0 aliphatic carbocycles. The molecule has 0 radical (unpaired) electrons. The Kier molecular flexibility index (Phi) is 5.93. The number of carbonyl (C=O) groups excluding carboxylic acids is 2. The van der Waals surface area contributed by atoms with E-state index >= 15 is 0 Å². The maximum Gasteiger partial charge on any atom is 0.405 e. The maximum atomic E-state index is 12.3. The van der Waals surface area contributed by atoms with Crippen LogP contribution < -0.4 is 5.32 Å². The van der Waals surface area contributed by atoms with Crippen molar-refractivity contribution in [1.29, 1.82) is 0 Å². The Hall–Kier alpha value is -1.13. The zero-order chi connectivity index (χ0) is 18.9. The minimum absolute atomic E-state index is 0.164. The fourth-order valence-electron chi connectivity index (χ4n) is 3.19. The molecule has 3 unspecified atom stereocenters. The molecule has 3 aliphatic rings. The molecule has 0 bridgehead atoms. The molecule has 2 fully saturated rings. The Labute approximate surface area is 150 Å². The van der Waals surface area contributed by atoms with E-state index in [0.717, 1.165) is 0 Å². The van der Waals surface area contributed by atoms with Crippen LogP contribution in [0.3, 0.4) is 0 Å². The van der Waals surface area contributed by atoms with Crippen molar-refractivity contribution in [2.45, 2.75) is 31.7 Å². The minimum Gasteiger partial charge on any atom is -0.390 e. The number of nitrogens with one attached hydrogen (secondary N) is 1. The van der Waals surface area contributed by atoms with E-state index in [1.54, 1.807) is 6.92 Å². The van der Waals surface area contributed by atoms with E-state index in [1.165, 1.54) is 10.7 Å². The number of nitrogens with zero attached hydrogens (tertiary/aromatic N) is 1. The fourth-order valence-corrected chi connectivity index (χ4v) is 4.36. The summed E-state index contributed by atoms with van der Waals surface area (Å²) in [6.45, 7) is 2.57. The van der Waals surface area contributed by atoms with Crippen LogP contribution in [0, 0.1) is 5.92 Å². The Morgan fingerprint density at radius 3 is 2.77 bits per heavy atom. The van der Waals surface area contributed by atoms with Gasteiger partial charge in [-0.2, -0.15) is 0 Å². The number of aliphatic hydroxyl groups excluding tert-OH is 1. The smallest absolute Gasteiger partial charge is 0.390 e. The normalized spacial score (nSPS) is 35.7. The molecule has 11 heteroatoms. The van der Waals surface area contributed by atoms with Crippen molar-refractivity contribution in [2.75, 3.05) is 32.9 Å². The highest BCUT2D eigenvalue weighted by Crippen LogP contribution is 2.47. The molecule has 2 amide bonds. The predicted octanol–water partition coefficient (Wildman–Crippen LogP) is -0.827. The average molecular weight is 390 g/mol. The first-order valence-corrected chi connectivity index (χ1v) is 9.98. The van der Waals surface area contributed by atoms with Gasteiger partial charge in [-0.1, -0.05) is 6.08 Å². The lowest BCUT2D eigenvalue weighted by atomic mass is 9.93. The topological polar surface area (TPSA) is 135 Å². The lowest BCUT2D eigenvalue weighted by Gasteiger charge is -2.30. The summed E-state index contributed by atoms with van der Waals surface area (Å²) in [4.78, 5) is 33.5. The lowest BCUT2D eigenvalue weighted by molar-refractivity contribution is -0.134. The van der Waals surface area contributed by atoms with E-state index in [2.05, 4.69) is 5.32 Å². The van der Waals surface area contributed by atoms with Crippen LogP contribution in [0.25, 0.3) is 0 Å². The van der Waals surface area contributed by atoms with Crippen LogP contribution in [0.1, 0.15) is 13.3 Å². The van der Waals surface area contributed by atoms with Gasteiger partial charge in [0.25, 0.3) is 5.91 Å². The summed E-state index contributed by atoms with van der Waals surface area (Å²) in [5, 5.41) is 12.4. The molecule has 0 aromatic heterocycles. The van der Waals surface area contributed by atoms with Gasteiger partial charge in [0.05, 0.1) is 37.9 Å². The molecular weight excluding hydrogens is 367 g/mol. The highest BCUT2D eigenvalue weighted by atomic mass is 31.2. The van der Waals surface area contributed by atoms with Crippen LogP contribution in [-0.4, -0.2) is 77.7 Å². The second-order valence-electron chi connectivity index (χ2n) is 6.56. The SMILES string of the molecule is CC1=CC([C@H]2CC(O)[C@@H](COP(=O)(O)N3CCOCC3)O2)C(=O)NC1=O. The zero-order valence-electron chi connectivity index (χ0n) is 14.4. The highest BCUT2D eigenvalue weighted by molar-refractivity contribution is 7.50. The van der Waals surface area contributed by atoms with E-state index in [-0.39, 0.29) is 26.1 Å². The van der Waals surface area contributed by atoms with Gasteiger partial charge in [0.1, 0.15) is 6.10 Å². The average Bonchev–Trinajstić information content (AvgIpc) is 2.98. The Morgan fingerprint density at radius 1 is 1.38 bits per heavy atom. The lowest BCUT2D eigenvalue weighted by Crippen LogP contribution is -2.44. The monoisotopic (exact) mass is 390 g/mol. The first-order chi connectivity index (χ1) is 12.3. The molecule has 3 rings (SSSR count). The number of hydrogen-bond acceptors (Lipinski definition) is 7. The van der Waals surface area contributed by atoms with Gasteiger partial charge in [0, 0.05) is 25.1 Å². The summed E-state index contributed by atoms with van der Waals surface area (Å²) >= 11 is 0. The fraction of sp³-hybridized carbons (Fsp3) is 0.733. The molecular formula is C15H23N2O8P. The zero-order valence-corrected chi connectivity index (χ0v) is 15.3. The van der Waals surface area contributed by atoms with E-state index in [9.17, 15) is 24.2 Å². The van der Waals surface area contributed by atoms with Gasteiger partial charge in [-0.25, -0.2) is 9.24 Å². The molecule has 3 heterocycles. The van der Waals surface area contributed by atoms with Crippen molar-refractivity contribution < 1.29 is 38.2 Å². The Bertz CT molecular complexity index is 648. The Balaban J connectivity index is 1.58. The summed E-state index contributed by atoms with van der Waals surface area (Å²) in [6.07, 6.45) is -0.725. The summed E-state index contributed by atoms with van der Waals surface area (Å²) in [6, 6.07) is 0. The molecule has 0 aromatic carbocycles. The first-order valence-electron chi connectivity index (χ1n) is 8.45. The van der Waals surface area contributed by atoms with Gasteiger partial charge in [-0.05, 0) is 6.92 Å². The highest BCUT2D eigenvalue weighted by Gasteiger charge is 2.43. The van der Waals surface area contributed by atoms with Crippen LogP contribution in [0.15, 0.2) is 11.6 Å². The summed E-state index contributed by atoms with van der Waals surface area (Å²) in [5.41, 5.74) is 0.402. The van der Waals surface area contributed by atoms with Crippen LogP contribution in [0.4, 0.5) is 0 Å². The van der Waals surface area contributed by atoms with Crippen molar-refractivity contribution in [3.8, 4) is 0 Å². The predicted molar refractivity (Wildman–Crippen MR) is 87.9 cm³/mol. The van der Waals surface area contributed by atoms with Gasteiger partial charge < -0.3 is 19.5 Å². The molecule has 146 valence electrons. The van der Waals surface area contributed by atoms with Crippen molar-refractivity contribution in [1.82, 2.24) is 9.99 Å². The summed E-state index contributed by atoms with van der Waals surface area (Å²) in [7, 11) is -4.00. The van der Waals surface area contributed by atoms with E-state index < -0.39 is 43.8 Å². The third kappa shape index (κ3) is 4.23. The molecule has 3 N–H and O–H groups in total. The van der Waals surface area contributed by atoms with Crippen molar-refractivity contribution >= 4 is 19.6 Å². The van der Waals surface area contributed by atoms with Gasteiger partial charge >= 0.3 is 7.75 Å². The second kappa shape index (κ2) is 7.85. The third-order valence-corrected chi connectivity index (χ3v) is 6.33. The van der Waals surface area contributed by atoms with Crippen LogP contribution in [0.2, 0.25) is 0 Å². The number of amides is 2. The van der Waals surface area contributed by atoms with Crippen molar-refractivity contribution in [3.05, 3.63) is 11.6 Å². The number of hydrogen-bond donors (Lipinski definition) is 3. The molecule has 0 aromatic rings. The second-order valence-corrected chi connectivity index (χ2v) is 8.37. The number of rotatable bonds is 5. The number of ether oxygens (including phenoxy) is 2. The van der Waals surface area contributed by atoms with Crippen LogP contribution >= 0.6 is 7.75 Å².